The van der Waals surface area contributed by atoms with Crippen molar-refractivity contribution in [3.8, 4) is 0 Å². The lowest BCUT2D eigenvalue weighted by molar-refractivity contribution is -0.156. The van der Waals surface area contributed by atoms with Crippen LogP contribution in [0.5, 0.6) is 0 Å². The number of hydrogen-bond acceptors (Lipinski definition) is 3. The monoisotopic (exact) mass is 273 g/mol. The van der Waals surface area contributed by atoms with E-state index in [4.69, 9.17) is 22.1 Å². The Morgan fingerprint density at radius 1 is 1.50 bits per heavy atom. The lowest BCUT2D eigenvalue weighted by atomic mass is 10.1. The van der Waals surface area contributed by atoms with Gasteiger partial charge in [-0.05, 0) is 44.9 Å². The number of benzene rings is 1. The largest absolute Gasteiger partial charge is 0.459 e. The van der Waals surface area contributed by atoms with Crippen LogP contribution in [0.15, 0.2) is 18.2 Å². The van der Waals surface area contributed by atoms with E-state index in [1.165, 1.54) is 12.1 Å². The predicted molar refractivity (Wildman–Crippen MR) is 68.9 cm³/mol. The van der Waals surface area contributed by atoms with Gasteiger partial charge in [-0.3, -0.25) is 4.79 Å². The predicted octanol–water partition coefficient (Wildman–Crippen LogP) is 2.69. The number of ether oxygens (including phenoxy) is 1. The topological polar surface area (TPSA) is 52.3 Å². The van der Waals surface area contributed by atoms with Gasteiger partial charge in [0, 0.05) is 0 Å². The van der Waals surface area contributed by atoms with Gasteiger partial charge in [-0.2, -0.15) is 0 Å². The number of halogens is 2. The fourth-order valence-electron chi connectivity index (χ4n) is 1.38. The molecule has 1 aromatic carbocycles. The number of nitrogens with two attached hydrogens (primary N) is 1. The number of carbonyl (C=O) groups excluding carboxylic acids is 1. The van der Waals surface area contributed by atoms with Crippen molar-refractivity contribution in [2.45, 2.75) is 38.8 Å². The van der Waals surface area contributed by atoms with Crippen LogP contribution in [0, 0.1) is 5.82 Å². The molecule has 0 amide bonds. The Kier molecular flexibility index (Phi) is 4.71. The van der Waals surface area contributed by atoms with Crippen LogP contribution < -0.4 is 5.73 Å². The van der Waals surface area contributed by atoms with E-state index in [9.17, 15) is 9.18 Å². The Bertz CT molecular complexity index is 443. The molecule has 0 aromatic heterocycles. The second-order valence-corrected chi connectivity index (χ2v) is 5.50. The van der Waals surface area contributed by atoms with E-state index in [1.807, 2.05) is 0 Å². The molecule has 1 atom stereocenters. The van der Waals surface area contributed by atoms with Crippen LogP contribution in [0.4, 0.5) is 4.39 Å². The minimum Gasteiger partial charge on any atom is -0.459 e. The van der Waals surface area contributed by atoms with Crippen molar-refractivity contribution in [2.24, 2.45) is 5.73 Å². The van der Waals surface area contributed by atoms with Crippen LogP contribution in [0.3, 0.4) is 0 Å². The molecule has 0 aliphatic heterocycles. The zero-order chi connectivity index (χ0) is 13.9. The average molecular weight is 274 g/mol. The van der Waals surface area contributed by atoms with Crippen molar-refractivity contribution >= 4 is 17.6 Å². The molecule has 1 aromatic rings. The Balaban J connectivity index is 2.66. The van der Waals surface area contributed by atoms with Crippen molar-refractivity contribution in [1.82, 2.24) is 0 Å². The summed E-state index contributed by atoms with van der Waals surface area (Å²) in [7, 11) is 0. The third kappa shape index (κ3) is 4.63. The van der Waals surface area contributed by atoms with Crippen molar-refractivity contribution < 1.29 is 13.9 Å². The van der Waals surface area contributed by atoms with E-state index in [0.717, 1.165) is 0 Å². The summed E-state index contributed by atoms with van der Waals surface area (Å²) >= 11 is 5.65. The van der Waals surface area contributed by atoms with E-state index >= 15 is 0 Å². The highest BCUT2D eigenvalue weighted by Crippen LogP contribution is 2.17. The third-order valence-electron chi connectivity index (χ3n) is 2.15. The normalized spacial score (nSPS) is 13.2. The summed E-state index contributed by atoms with van der Waals surface area (Å²) in [5, 5.41) is 0.0175. The Morgan fingerprint density at radius 3 is 2.61 bits per heavy atom. The molecule has 18 heavy (non-hydrogen) atoms. The quantitative estimate of drug-likeness (QED) is 0.862. The van der Waals surface area contributed by atoms with Gasteiger partial charge in [-0.1, -0.05) is 17.7 Å². The van der Waals surface area contributed by atoms with Crippen LogP contribution in [-0.4, -0.2) is 17.6 Å². The van der Waals surface area contributed by atoms with E-state index in [-0.39, 0.29) is 11.4 Å². The number of hydrogen-bond donors (Lipinski definition) is 1. The Labute approximate surface area is 111 Å². The van der Waals surface area contributed by atoms with Gasteiger partial charge in [0.15, 0.2) is 0 Å². The summed E-state index contributed by atoms with van der Waals surface area (Å²) in [5.41, 5.74) is 5.85. The first-order valence-electron chi connectivity index (χ1n) is 5.61. The van der Waals surface area contributed by atoms with E-state index in [0.29, 0.717) is 5.56 Å². The van der Waals surface area contributed by atoms with Crippen molar-refractivity contribution in [3.05, 3.63) is 34.6 Å². The Hall–Kier alpha value is -1.13. The summed E-state index contributed by atoms with van der Waals surface area (Å²) in [4.78, 5) is 11.7. The molecule has 1 unspecified atom stereocenters. The van der Waals surface area contributed by atoms with Gasteiger partial charge >= 0.3 is 5.97 Å². The fraction of sp³-hybridized carbons (Fsp3) is 0.462. The maximum Gasteiger partial charge on any atom is 0.323 e. The molecule has 1 rings (SSSR count). The third-order valence-corrected chi connectivity index (χ3v) is 2.44. The lowest BCUT2D eigenvalue weighted by Gasteiger charge is -2.22. The smallest absolute Gasteiger partial charge is 0.323 e. The molecule has 5 heteroatoms. The summed E-state index contributed by atoms with van der Waals surface area (Å²) in [6.07, 6.45) is 0.259. The summed E-state index contributed by atoms with van der Waals surface area (Å²) in [6, 6.07) is 3.47. The summed E-state index contributed by atoms with van der Waals surface area (Å²) < 4.78 is 18.1. The molecule has 100 valence electrons. The molecule has 0 radical (unpaired) electrons. The maximum atomic E-state index is 13.0. The second-order valence-electron chi connectivity index (χ2n) is 5.09. The van der Waals surface area contributed by atoms with Crippen LogP contribution in [0.25, 0.3) is 0 Å². The van der Waals surface area contributed by atoms with Gasteiger partial charge in [-0.15, -0.1) is 0 Å². The maximum absolute atomic E-state index is 13.0. The number of esters is 1. The zero-order valence-corrected chi connectivity index (χ0v) is 11.4. The molecular formula is C13H17ClFNO2. The first kappa shape index (κ1) is 14.9. The second kappa shape index (κ2) is 5.67. The molecule has 0 saturated heterocycles. The number of carbonyl (C=O) groups is 1. The molecule has 0 fully saturated rings. The van der Waals surface area contributed by atoms with Gasteiger partial charge < -0.3 is 10.5 Å². The standard InChI is InChI=1S/C13H17ClFNO2/c1-13(2,3)18-12(17)11(16)7-8-4-5-10(15)9(14)6-8/h4-6,11H,7,16H2,1-3H3. The highest BCUT2D eigenvalue weighted by atomic mass is 35.5. The van der Waals surface area contributed by atoms with Crippen LogP contribution in [0.1, 0.15) is 26.3 Å². The van der Waals surface area contributed by atoms with Crippen molar-refractivity contribution in [1.29, 1.82) is 0 Å². The molecule has 0 heterocycles. The average Bonchev–Trinajstić information content (AvgIpc) is 2.21. The molecule has 0 aliphatic carbocycles. The molecule has 2 N–H and O–H groups in total. The van der Waals surface area contributed by atoms with E-state index in [2.05, 4.69) is 0 Å². The zero-order valence-electron chi connectivity index (χ0n) is 10.7. The SMILES string of the molecule is CC(C)(C)OC(=O)C(N)Cc1ccc(F)c(Cl)c1. The molecular weight excluding hydrogens is 257 g/mol. The van der Waals surface area contributed by atoms with Crippen LogP contribution in [-0.2, 0) is 16.0 Å². The van der Waals surface area contributed by atoms with Gasteiger partial charge in [0.2, 0.25) is 0 Å². The number of rotatable bonds is 3. The van der Waals surface area contributed by atoms with Crippen molar-refractivity contribution in [2.75, 3.05) is 0 Å². The van der Waals surface area contributed by atoms with Crippen LogP contribution in [0.2, 0.25) is 5.02 Å². The molecule has 0 spiro atoms. The summed E-state index contributed by atoms with van der Waals surface area (Å²) in [5.74, 6) is -0.978. The fourth-order valence-corrected chi connectivity index (χ4v) is 1.58. The van der Waals surface area contributed by atoms with Gasteiger partial charge in [0.25, 0.3) is 0 Å². The van der Waals surface area contributed by atoms with Gasteiger partial charge in [-0.25, -0.2) is 4.39 Å². The lowest BCUT2D eigenvalue weighted by Crippen LogP contribution is -2.38. The molecule has 0 aliphatic rings. The first-order valence-corrected chi connectivity index (χ1v) is 5.99. The minimum atomic E-state index is -0.786. The molecule has 0 bridgehead atoms. The van der Waals surface area contributed by atoms with Gasteiger partial charge in [0.05, 0.1) is 5.02 Å². The molecule has 3 nitrogen and oxygen atoms in total. The van der Waals surface area contributed by atoms with Crippen LogP contribution >= 0.6 is 11.6 Å². The first-order chi connectivity index (χ1) is 8.19. The molecule has 0 saturated carbocycles. The van der Waals surface area contributed by atoms with Gasteiger partial charge in [0.1, 0.15) is 17.5 Å². The van der Waals surface area contributed by atoms with E-state index in [1.54, 1.807) is 26.8 Å². The Morgan fingerprint density at radius 2 is 2.11 bits per heavy atom. The highest BCUT2D eigenvalue weighted by Gasteiger charge is 2.22. The van der Waals surface area contributed by atoms with Crippen molar-refractivity contribution in [3.63, 3.8) is 0 Å². The highest BCUT2D eigenvalue weighted by molar-refractivity contribution is 6.30. The summed E-state index contributed by atoms with van der Waals surface area (Å²) in [6.45, 7) is 5.31. The van der Waals surface area contributed by atoms with E-state index < -0.39 is 23.4 Å². The minimum absolute atomic E-state index is 0.0175.